The first-order valence-corrected chi connectivity index (χ1v) is 13.3. The minimum absolute atomic E-state index is 0.108. The molecule has 1 saturated carbocycles. The third-order valence-corrected chi connectivity index (χ3v) is 7.99. The number of carbonyl (C=O) groups is 1. The highest BCUT2D eigenvalue weighted by Gasteiger charge is 2.39. The van der Waals surface area contributed by atoms with Gasteiger partial charge >= 0.3 is 12.1 Å². The van der Waals surface area contributed by atoms with Crippen LogP contribution in [0.4, 0.5) is 17.6 Å². The number of rotatable bonds is 8. The fraction of sp³-hybridized carbons (Fsp3) is 0.433. The summed E-state index contributed by atoms with van der Waals surface area (Å²) < 4.78 is 68.1. The van der Waals surface area contributed by atoms with Gasteiger partial charge in [-0.05, 0) is 79.8 Å². The van der Waals surface area contributed by atoms with Crippen molar-refractivity contribution in [1.82, 2.24) is 9.97 Å². The molecule has 0 radical (unpaired) electrons. The van der Waals surface area contributed by atoms with E-state index in [2.05, 4.69) is 9.97 Å². The molecule has 2 aromatic heterocycles. The molecule has 2 aliphatic carbocycles. The molecule has 11 heteroatoms. The molecule has 2 heterocycles. The SMILES string of the molecule is Cc1nc(OC[C@H]2C[C@@](C)(O)C2)ccc1-c1cc(COc2cc3c(cn2)[C@@H](C)[C@@H](C(=O)O)C3)c(F)cc1C(F)(F)F. The quantitative estimate of drug-likeness (QED) is 0.314. The summed E-state index contributed by atoms with van der Waals surface area (Å²) in [5.74, 6) is -2.25. The molecule has 0 unspecified atom stereocenters. The zero-order chi connectivity index (χ0) is 29.7. The monoisotopic (exact) mass is 574 g/mol. The maximum Gasteiger partial charge on any atom is 0.417 e. The highest BCUT2D eigenvalue weighted by molar-refractivity contribution is 5.73. The number of carboxylic acid groups (broad SMARTS) is 1. The van der Waals surface area contributed by atoms with E-state index in [1.165, 1.54) is 18.3 Å². The fourth-order valence-corrected chi connectivity index (χ4v) is 5.83. The number of alkyl halides is 3. The predicted molar refractivity (Wildman–Crippen MR) is 140 cm³/mol. The van der Waals surface area contributed by atoms with Crippen LogP contribution in [0.25, 0.3) is 11.1 Å². The van der Waals surface area contributed by atoms with Crippen LogP contribution in [0.1, 0.15) is 60.6 Å². The summed E-state index contributed by atoms with van der Waals surface area (Å²) in [5.41, 5.74) is -0.196. The molecule has 1 aromatic carbocycles. The van der Waals surface area contributed by atoms with E-state index >= 15 is 0 Å². The molecule has 218 valence electrons. The van der Waals surface area contributed by atoms with E-state index in [4.69, 9.17) is 9.47 Å². The maximum atomic E-state index is 14.9. The van der Waals surface area contributed by atoms with E-state index < -0.39 is 35.0 Å². The van der Waals surface area contributed by atoms with Gasteiger partial charge in [-0.2, -0.15) is 13.2 Å². The molecule has 41 heavy (non-hydrogen) atoms. The Labute approximate surface area is 234 Å². The van der Waals surface area contributed by atoms with Crippen LogP contribution < -0.4 is 9.47 Å². The van der Waals surface area contributed by atoms with Crippen molar-refractivity contribution >= 4 is 5.97 Å². The van der Waals surface area contributed by atoms with Crippen LogP contribution >= 0.6 is 0 Å². The highest BCUT2D eigenvalue weighted by Crippen LogP contribution is 2.41. The Morgan fingerprint density at radius 3 is 2.49 bits per heavy atom. The van der Waals surface area contributed by atoms with Gasteiger partial charge in [0.1, 0.15) is 12.4 Å². The zero-order valence-corrected chi connectivity index (χ0v) is 22.8. The molecular formula is C30H30F4N2O5. The molecule has 7 nitrogen and oxygen atoms in total. The minimum Gasteiger partial charge on any atom is -0.481 e. The Balaban J connectivity index is 1.37. The summed E-state index contributed by atoms with van der Waals surface area (Å²) in [7, 11) is 0. The number of halogens is 4. The molecule has 2 atom stereocenters. The van der Waals surface area contributed by atoms with Gasteiger partial charge in [-0.15, -0.1) is 0 Å². The van der Waals surface area contributed by atoms with Crippen molar-refractivity contribution in [2.45, 2.75) is 64.3 Å². The number of carboxylic acids is 1. The van der Waals surface area contributed by atoms with E-state index in [-0.39, 0.29) is 52.6 Å². The molecule has 2 aliphatic rings. The Bertz CT molecular complexity index is 1480. The first kappa shape index (κ1) is 28.8. The molecule has 1 fully saturated rings. The molecular weight excluding hydrogens is 544 g/mol. The van der Waals surface area contributed by atoms with Gasteiger partial charge in [0.25, 0.3) is 0 Å². The number of ether oxygens (including phenoxy) is 2. The Morgan fingerprint density at radius 1 is 1.12 bits per heavy atom. The number of aliphatic hydroxyl groups is 1. The summed E-state index contributed by atoms with van der Waals surface area (Å²) in [5, 5.41) is 19.3. The summed E-state index contributed by atoms with van der Waals surface area (Å²) in [6.45, 7) is 5.05. The summed E-state index contributed by atoms with van der Waals surface area (Å²) in [4.78, 5) is 20.0. The number of pyridine rings is 2. The highest BCUT2D eigenvalue weighted by atomic mass is 19.4. The number of aryl methyl sites for hydroxylation is 1. The van der Waals surface area contributed by atoms with Crippen LogP contribution in [0.15, 0.2) is 36.5 Å². The average Bonchev–Trinajstić information content (AvgIpc) is 3.21. The van der Waals surface area contributed by atoms with E-state index in [0.29, 0.717) is 31.9 Å². The zero-order valence-electron chi connectivity index (χ0n) is 22.8. The predicted octanol–water partition coefficient (Wildman–Crippen LogP) is 6.09. The van der Waals surface area contributed by atoms with E-state index in [9.17, 15) is 32.6 Å². The second kappa shape index (κ2) is 10.6. The lowest BCUT2D eigenvalue weighted by molar-refractivity contribution is -0.142. The number of hydrogen-bond acceptors (Lipinski definition) is 6. The van der Waals surface area contributed by atoms with Crippen molar-refractivity contribution < 1.29 is 42.0 Å². The van der Waals surface area contributed by atoms with E-state index in [0.717, 1.165) is 17.2 Å². The molecule has 2 N–H and O–H groups in total. The molecule has 0 saturated heterocycles. The van der Waals surface area contributed by atoms with Gasteiger partial charge in [0.15, 0.2) is 0 Å². The van der Waals surface area contributed by atoms with Gasteiger partial charge in [0, 0.05) is 35.2 Å². The number of fused-ring (bicyclic) bond motifs is 1. The maximum absolute atomic E-state index is 14.9. The number of benzene rings is 1. The van der Waals surface area contributed by atoms with Crippen molar-refractivity contribution in [3.8, 4) is 22.9 Å². The molecule has 5 rings (SSSR count). The Kier molecular flexibility index (Phi) is 7.44. The van der Waals surface area contributed by atoms with Crippen LogP contribution in [0, 0.1) is 24.6 Å². The van der Waals surface area contributed by atoms with Crippen molar-refractivity contribution in [1.29, 1.82) is 0 Å². The number of nitrogens with zero attached hydrogens (tertiary/aromatic N) is 2. The number of aromatic nitrogens is 2. The first-order chi connectivity index (χ1) is 19.2. The van der Waals surface area contributed by atoms with Gasteiger partial charge < -0.3 is 19.7 Å². The van der Waals surface area contributed by atoms with Gasteiger partial charge in [-0.1, -0.05) is 6.92 Å². The van der Waals surface area contributed by atoms with Crippen LogP contribution in [0.5, 0.6) is 11.8 Å². The number of hydrogen-bond donors (Lipinski definition) is 2. The van der Waals surface area contributed by atoms with Gasteiger partial charge in [0.05, 0.1) is 23.7 Å². The van der Waals surface area contributed by atoms with E-state index in [1.54, 1.807) is 26.8 Å². The second-order valence-electron chi connectivity index (χ2n) is 11.3. The lowest BCUT2D eigenvalue weighted by Gasteiger charge is -2.40. The van der Waals surface area contributed by atoms with Crippen molar-refractivity contribution in [3.63, 3.8) is 0 Å². The summed E-state index contributed by atoms with van der Waals surface area (Å²) >= 11 is 0. The van der Waals surface area contributed by atoms with Crippen LogP contribution in [-0.4, -0.2) is 38.4 Å². The third-order valence-electron chi connectivity index (χ3n) is 7.99. The van der Waals surface area contributed by atoms with E-state index in [1.807, 2.05) is 0 Å². The molecule has 0 amide bonds. The summed E-state index contributed by atoms with van der Waals surface area (Å²) in [6, 6.07) is 6.09. The fourth-order valence-electron chi connectivity index (χ4n) is 5.83. The Morgan fingerprint density at radius 2 is 1.85 bits per heavy atom. The van der Waals surface area contributed by atoms with Crippen LogP contribution in [0.3, 0.4) is 0 Å². The normalized spacial score (nSPS) is 23.6. The topological polar surface area (TPSA) is 102 Å². The first-order valence-electron chi connectivity index (χ1n) is 13.3. The lowest BCUT2D eigenvalue weighted by Crippen LogP contribution is -2.43. The van der Waals surface area contributed by atoms with Crippen molar-refractivity contribution in [3.05, 3.63) is 70.3 Å². The largest absolute Gasteiger partial charge is 0.481 e. The average molecular weight is 575 g/mol. The van der Waals surface area contributed by atoms with Crippen LogP contribution in [0.2, 0.25) is 0 Å². The summed E-state index contributed by atoms with van der Waals surface area (Å²) in [6.07, 6.45) is -1.79. The smallest absolute Gasteiger partial charge is 0.417 e. The van der Waals surface area contributed by atoms with Gasteiger partial charge in [-0.25, -0.2) is 14.4 Å². The molecule has 3 aromatic rings. The van der Waals surface area contributed by atoms with Crippen molar-refractivity contribution in [2.24, 2.45) is 11.8 Å². The van der Waals surface area contributed by atoms with Gasteiger partial charge in [-0.3, -0.25) is 4.79 Å². The lowest BCUT2D eigenvalue weighted by atomic mass is 9.73. The molecule has 0 bridgehead atoms. The third kappa shape index (κ3) is 6.00. The van der Waals surface area contributed by atoms with Crippen molar-refractivity contribution in [2.75, 3.05) is 6.61 Å². The van der Waals surface area contributed by atoms with Gasteiger partial charge in [0.2, 0.25) is 11.8 Å². The second-order valence-corrected chi connectivity index (χ2v) is 11.3. The number of aliphatic carboxylic acids is 1. The molecule has 0 spiro atoms. The standard InChI is InChI=1S/C30H30F4N2O5/c1-15-21(28(37)38)6-18-8-27(35-12-23(15)18)41-14-19-7-22(24(9-25(19)31)30(32,33)34)20-4-5-26(36-16(20)2)40-13-17-10-29(3,39)11-17/h4-5,7-9,12,15,17,21,39H,6,10-11,13-14H2,1-3H3,(H,37,38)/t15-,17-,21-,29+/m0/s1. The minimum atomic E-state index is -4.82. The van der Waals surface area contributed by atoms with Crippen LogP contribution in [-0.2, 0) is 24.0 Å². The Hall–Kier alpha value is -3.73. The molecule has 0 aliphatic heterocycles.